The molecule has 4 bridgehead atoms. The first-order valence-corrected chi connectivity index (χ1v) is 7.91. The molecular weight excluding hydrogens is 250 g/mol. The van der Waals surface area contributed by atoms with Gasteiger partial charge in [-0.2, -0.15) is 5.10 Å². The Balaban J connectivity index is 1.52. The molecule has 4 heteroatoms. The predicted molar refractivity (Wildman–Crippen MR) is 76.2 cm³/mol. The molecule has 0 aromatic carbocycles. The van der Waals surface area contributed by atoms with Gasteiger partial charge in [0.05, 0.1) is 5.69 Å². The Labute approximate surface area is 119 Å². The van der Waals surface area contributed by atoms with Crippen LogP contribution in [0.1, 0.15) is 48.3 Å². The number of aryl methyl sites for hydroxylation is 2. The van der Waals surface area contributed by atoms with Gasteiger partial charge in [-0.25, -0.2) is 0 Å². The molecule has 4 nitrogen and oxygen atoms in total. The molecule has 1 N–H and O–H groups in total. The Kier molecular flexibility index (Phi) is 2.69. The minimum Gasteiger partial charge on any atom is -0.347 e. The maximum absolute atomic E-state index is 12.5. The molecule has 20 heavy (non-hydrogen) atoms. The summed E-state index contributed by atoms with van der Waals surface area (Å²) in [5.74, 6) is 3.41. The van der Waals surface area contributed by atoms with Crippen LogP contribution in [0.25, 0.3) is 0 Å². The van der Waals surface area contributed by atoms with Crippen molar-refractivity contribution in [1.82, 2.24) is 15.1 Å². The van der Waals surface area contributed by atoms with E-state index < -0.39 is 0 Å². The van der Waals surface area contributed by atoms with Crippen LogP contribution >= 0.6 is 0 Å². The number of hydrogen-bond donors (Lipinski definition) is 1. The molecule has 0 saturated heterocycles. The maximum Gasteiger partial charge on any atom is 0.269 e. The second kappa shape index (κ2) is 4.34. The van der Waals surface area contributed by atoms with Crippen LogP contribution < -0.4 is 5.32 Å². The predicted octanol–water partition coefficient (Wildman–Crippen LogP) is 2.28. The fourth-order valence-electron chi connectivity index (χ4n) is 5.21. The standard InChI is InChI=1S/C16H23N3O/c1-9-3-14(19(2)18-9)16(20)17-15-12-5-10-4-11(7-12)8-13(15)6-10/h3,10-13,15H,4-8H2,1-2H3,(H,17,20). The molecular formula is C16H23N3O. The van der Waals surface area contributed by atoms with Crippen LogP contribution in [0.4, 0.5) is 0 Å². The summed E-state index contributed by atoms with van der Waals surface area (Å²) in [5, 5.41) is 7.61. The highest BCUT2D eigenvalue weighted by Gasteiger charge is 2.48. The van der Waals surface area contributed by atoms with Gasteiger partial charge in [-0.1, -0.05) is 0 Å². The van der Waals surface area contributed by atoms with Gasteiger partial charge in [-0.05, 0) is 68.8 Å². The third-order valence-electron chi connectivity index (χ3n) is 5.76. The topological polar surface area (TPSA) is 46.9 Å². The lowest BCUT2D eigenvalue weighted by Crippen LogP contribution is -2.56. The van der Waals surface area contributed by atoms with Crippen molar-refractivity contribution in [2.45, 2.75) is 45.1 Å². The summed E-state index contributed by atoms with van der Waals surface area (Å²) in [6, 6.07) is 2.29. The first-order chi connectivity index (χ1) is 9.60. The van der Waals surface area contributed by atoms with Crippen molar-refractivity contribution in [3.8, 4) is 0 Å². The normalized spacial score (nSPS) is 38.2. The van der Waals surface area contributed by atoms with E-state index in [2.05, 4.69) is 10.4 Å². The van der Waals surface area contributed by atoms with Gasteiger partial charge in [0.15, 0.2) is 0 Å². The monoisotopic (exact) mass is 273 g/mol. The Morgan fingerprint density at radius 2 is 1.80 bits per heavy atom. The average molecular weight is 273 g/mol. The van der Waals surface area contributed by atoms with Crippen LogP contribution in [0.3, 0.4) is 0 Å². The van der Waals surface area contributed by atoms with E-state index in [-0.39, 0.29) is 5.91 Å². The molecule has 1 aromatic rings. The van der Waals surface area contributed by atoms with E-state index >= 15 is 0 Å². The number of nitrogens with one attached hydrogen (secondary N) is 1. The number of hydrogen-bond acceptors (Lipinski definition) is 2. The molecule has 0 aliphatic heterocycles. The molecule has 1 aromatic heterocycles. The van der Waals surface area contributed by atoms with Crippen molar-refractivity contribution < 1.29 is 4.79 Å². The molecule has 1 amide bonds. The zero-order chi connectivity index (χ0) is 13.9. The Morgan fingerprint density at radius 1 is 1.20 bits per heavy atom. The smallest absolute Gasteiger partial charge is 0.269 e. The van der Waals surface area contributed by atoms with E-state index in [1.807, 2.05) is 20.0 Å². The summed E-state index contributed by atoms with van der Waals surface area (Å²) in [7, 11) is 1.85. The quantitative estimate of drug-likeness (QED) is 0.898. The third-order valence-corrected chi connectivity index (χ3v) is 5.76. The zero-order valence-electron chi connectivity index (χ0n) is 12.3. The van der Waals surface area contributed by atoms with Crippen molar-refractivity contribution in [2.75, 3.05) is 0 Å². The summed E-state index contributed by atoms with van der Waals surface area (Å²) >= 11 is 0. The van der Waals surface area contributed by atoms with Crippen molar-refractivity contribution >= 4 is 5.91 Å². The second-order valence-corrected chi connectivity index (χ2v) is 7.22. The highest BCUT2D eigenvalue weighted by molar-refractivity contribution is 5.92. The molecule has 108 valence electrons. The first-order valence-electron chi connectivity index (χ1n) is 7.91. The van der Waals surface area contributed by atoms with E-state index in [0.29, 0.717) is 11.7 Å². The SMILES string of the molecule is Cc1cc(C(=O)NC2C3CC4CC(C3)CC2C4)n(C)n1. The lowest BCUT2D eigenvalue weighted by Gasteiger charge is -2.54. The number of amides is 1. The van der Waals surface area contributed by atoms with Crippen molar-refractivity contribution in [2.24, 2.45) is 30.7 Å². The van der Waals surface area contributed by atoms with Gasteiger partial charge >= 0.3 is 0 Å². The van der Waals surface area contributed by atoms with E-state index in [1.54, 1.807) is 4.68 Å². The van der Waals surface area contributed by atoms with Gasteiger partial charge in [-0.15, -0.1) is 0 Å². The minimum absolute atomic E-state index is 0.0607. The lowest BCUT2D eigenvalue weighted by atomic mass is 9.54. The molecule has 4 saturated carbocycles. The fourth-order valence-corrected chi connectivity index (χ4v) is 5.21. The van der Waals surface area contributed by atoms with Gasteiger partial charge in [0, 0.05) is 13.1 Å². The number of nitrogens with zero attached hydrogens (tertiary/aromatic N) is 2. The van der Waals surface area contributed by atoms with E-state index in [0.717, 1.165) is 29.4 Å². The van der Waals surface area contributed by atoms with Crippen molar-refractivity contribution in [1.29, 1.82) is 0 Å². The summed E-state index contributed by atoms with van der Waals surface area (Å²) in [6.45, 7) is 1.93. The number of carbonyl (C=O) groups excluding carboxylic acids is 1. The largest absolute Gasteiger partial charge is 0.347 e. The van der Waals surface area contributed by atoms with Crippen LogP contribution in [-0.4, -0.2) is 21.7 Å². The zero-order valence-corrected chi connectivity index (χ0v) is 12.3. The van der Waals surface area contributed by atoms with E-state index in [9.17, 15) is 4.79 Å². The third kappa shape index (κ3) is 1.88. The molecule has 4 aliphatic rings. The van der Waals surface area contributed by atoms with Gasteiger partial charge in [-0.3, -0.25) is 9.48 Å². The van der Waals surface area contributed by atoms with Gasteiger partial charge in [0.1, 0.15) is 5.69 Å². The van der Waals surface area contributed by atoms with Gasteiger partial charge in [0.2, 0.25) is 0 Å². The molecule has 4 aliphatic carbocycles. The van der Waals surface area contributed by atoms with Crippen LogP contribution in [0.5, 0.6) is 0 Å². The molecule has 0 radical (unpaired) electrons. The average Bonchev–Trinajstić information content (AvgIpc) is 2.72. The summed E-state index contributed by atoms with van der Waals surface area (Å²) < 4.78 is 1.70. The number of rotatable bonds is 2. The van der Waals surface area contributed by atoms with Crippen molar-refractivity contribution in [3.05, 3.63) is 17.5 Å². The van der Waals surface area contributed by atoms with Crippen LogP contribution in [-0.2, 0) is 7.05 Å². The van der Waals surface area contributed by atoms with Gasteiger partial charge < -0.3 is 5.32 Å². The Morgan fingerprint density at radius 3 is 2.30 bits per heavy atom. The molecule has 1 heterocycles. The van der Waals surface area contributed by atoms with Gasteiger partial charge in [0.25, 0.3) is 5.91 Å². The van der Waals surface area contributed by atoms with Crippen LogP contribution in [0.15, 0.2) is 6.07 Å². The highest BCUT2D eigenvalue weighted by Crippen LogP contribution is 2.53. The summed E-state index contributed by atoms with van der Waals surface area (Å²) in [6.07, 6.45) is 6.80. The minimum atomic E-state index is 0.0607. The second-order valence-electron chi connectivity index (χ2n) is 7.22. The van der Waals surface area contributed by atoms with E-state index in [4.69, 9.17) is 0 Å². The van der Waals surface area contributed by atoms with E-state index in [1.165, 1.54) is 32.1 Å². The first kappa shape index (κ1) is 12.4. The molecule has 0 spiro atoms. The summed E-state index contributed by atoms with van der Waals surface area (Å²) in [5.41, 5.74) is 1.60. The molecule has 4 fully saturated rings. The maximum atomic E-state index is 12.5. The highest BCUT2D eigenvalue weighted by atomic mass is 16.2. The van der Waals surface area contributed by atoms with Crippen molar-refractivity contribution in [3.63, 3.8) is 0 Å². The fraction of sp³-hybridized carbons (Fsp3) is 0.750. The van der Waals surface area contributed by atoms with Crippen LogP contribution in [0, 0.1) is 30.6 Å². The number of carbonyl (C=O) groups is 1. The molecule has 0 unspecified atom stereocenters. The Hall–Kier alpha value is -1.32. The molecule has 0 atom stereocenters. The molecule has 5 rings (SSSR count). The number of aromatic nitrogens is 2. The Bertz CT molecular complexity index is 520. The summed E-state index contributed by atoms with van der Waals surface area (Å²) in [4.78, 5) is 12.5. The van der Waals surface area contributed by atoms with Crippen LogP contribution in [0.2, 0.25) is 0 Å². The lowest BCUT2D eigenvalue weighted by molar-refractivity contribution is -0.0120.